The van der Waals surface area contributed by atoms with Gasteiger partial charge in [0, 0.05) is 6.07 Å². The topological polar surface area (TPSA) is 70.3 Å². The molecule has 0 aliphatic heterocycles. The molecule has 5 rings (SSSR count). The summed E-state index contributed by atoms with van der Waals surface area (Å²) in [5, 5.41) is 10.9. The van der Waals surface area contributed by atoms with Crippen molar-refractivity contribution in [3.63, 3.8) is 0 Å². The number of benzene rings is 4. The average molecular weight is 795 g/mol. The highest BCUT2D eigenvalue weighted by molar-refractivity contribution is 7.97. The van der Waals surface area contributed by atoms with Crippen LogP contribution in [-0.4, -0.2) is 47.7 Å². The number of hydrogen-bond acceptors (Lipinski definition) is 4. The molecule has 284 valence electrons. The molecule has 0 N–H and O–H groups in total. The standard InChI is InChI=1S/C25H17O2S.C8HF15O2/c26-25-21-13-7-8-14-23(21)27-24-16-15-20(17-22(24)25)28(18-9-3-1-4-10-18)19-11-5-2-6-12-19;9-2(10,1(24)25)3(11,12)4(13,14)5(15,16)6(17,18)7(19,20)8(21,22)23/h1-17H;(H,24,25)/q+1;/p-1. The Morgan fingerprint density at radius 2 is 0.906 bits per heavy atom. The number of hydrogen-bond donors (Lipinski definition) is 0. The average Bonchev–Trinajstić information content (AvgIpc) is 3.09. The minimum absolute atomic E-state index is 0.0170. The van der Waals surface area contributed by atoms with Gasteiger partial charge in [0.15, 0.2) is 14.7 Å². The smallest absolute Gasteiger partial charge is 0.460 e. The highest BCUT2D eigenvalue weighted by Crippen LogP contribution is 2.62. The van der Waals surface area contributed by atoms with E-state index in [1.165, 1.54) is 9.79 Å². The summed E-state index contributed by atoms with van der Waals surface area (Å²) >= 11 is 0. The summed E-state index contributed by atoms with van der Waals surface area (Å²) < 4.78 is 192. The molecular weight excluding hydrogens is 777 g/mol. The van der Waals surface area contributed by atoms with E-state index in [1.807, 2.05) is 48.5 Å². The summed E-state index contributed by atoms with van der Waals surface area (Å²) in [6.45, 7) is 0. The van der Waals surface area contributed by atoms with E-state index in [0.29, 0.717) is 21.9 Å². The molecule has 0 unspecified atom stereocenters. The molecule has 0 amide bonds. The summed E-state index contributed by atoms with van der Waals surface area (Å²) in [5.74, 6) is -53.3. The van der Waals surface area contributed by atoms with E-state index in [2.05, 4.69) is 54.6 Å². The number of para-hydroxylation sites is 1. The van der Waals surface area contributed by atoms with Gasteiger partial charge in [-0.1, -0.05) is 48.5 Å². The Labute approximate surface area is 288 Å². The predicted molar refractivity (Wildman–Crippen MR) is 156 cm³/mol. The second-order valence-electron chi connectivity index (χ2n) is 10.7. The molecule has 4 aromatic carbocycles. The lowest BCUT2D eigenvalue weighted by atomic mass is 9.91. The largest absolute Gasteiger partial charge is 0.544 e. The van der Waals surface area contributed by atoms with Crippen LogP contribution in [0.15, 0.2) is 127 Å². The van der Waals surface area contributed by atoms with Crippen molar-refractivity contribution >= 4 is 38.8 Å². The molecule has 4 nitrogen and oxygen atoms in total. The molecule has 1 aromatic heterocycles. The first-order valence-corrected chi connectivity index (χ1v) is 15.3. The Morgan fingerprint density at radius 1 is 0.491 bits per heavy atom. The van der Waals surface area contributed by atoms with Gasteiger partial charge in [-0.05, 0) is 48.5 Å². The zero-order valence-corrected chi connectivity index (χ0v) is 26.3. The SMILES string of the molecule is O=C([O-])C(F)(F)C(F)(F)C(F)(F)C(F)(F)C(F)(F)C(F)(F)C(F)(F)F.O=c1c2ccccc2oc2ccc([S+](c3ccccc3)c3ccccc3)cc12. The lowest BCUT2D eigenvalue weighted by Gasteiger charge is -2.41. The van der Waals surface area contributed by atoms with Crippen molar-refractivity contribution in [3.8, 4) is 0 Å². The summed E-state index contributed by atoms with van der Waals surface area (Å²) in [5.41, 5.74) is 1.26. The van der Waals surface area contributed by atoms with Gasteiger partial charge >= 0.3 is 41.7 Å². The third-order valence-corrected chi connectivity index (χ3v) is 9.54. The third-order valence-electron chi connectivity index (χ3n) is 7.32. The Bertz CT molecular complexity index is 2110. The molecule has 0 aliphatic rings. The molecule has 0 saturated heterocycles. The molecule has 0 saturated carbocycles. The van der Waals surface area contributed by atoms with E-state index in [0.717, 1.165) is 4.90 Å². The molecule has 0 atom stereocenters. The number of carboxylic acids is 1. The lowest BCUT2D eigenvalue weighted by Crippen LogP contribution is -2.74. The van der Waals surface area contributed by atoms with Gasteiger partial charge in [-0.2, -0.15) is 65.9 Å². The fourth-order valence-electron chi connectivity index (χ4n) is 4.53. The van der Waals surface area contributed by atoms with Crippen molar-refractivity contribution < 1.29 is 80.2 Å². The number of rotatable bonds is 9. The van der Waals surface area contributed by atoms with Crippen LogP contribution in [0.1, 0.15) is 0 Å². The van der Waals surface area contributed by atoms with Gasteiger partial charge < -0.3 is 14.3 Å². The van der Waals surface area contributed by atoms with Gasteiger partial charge in [-0.3, -0.25) is 4.79 Å². The number of aliphatic carboxylic acids is 1. The lowest BCUT2D eigenvalue weighted by molar-refractivity contribution is -0.454. The van der Waals surface area contributed by atoms with Gasteiger partial charge in [0.25, 0.3) is 0 Å². The second-order valence-corrected chi connectivity index (χ2v) is 12.8. The van der Waals surface area contributed by atoms with Crippen molar-refractivity contribution in [2.75, 3.05) is 0 Å². The van der Waals surface area contributed by atoms with Gasteiger partial charge in [0.2, 0.25) is 5.43 Å². The maximum atomic E-state index is 13.1. The molecule has 0 radical (unpaired) electrons. The number of fused-ring (bicyclic) bond motifs is 2. The molecule has 5 aromatic rings. The van der Waals surface area contributed by atoms with Crippen LogP contribution in [0, 0.1) is 0 Å². The van der Waals surface area contributed by atoms with Crippen LogP contribution in [0.4, 0.5) is 65.9 Å². The monoisotopic (exact) mass is 794 g/mol. The second kappa shape index (κ2) is 13.8. The summed E-state index contributed by atoms with van der Waals surface area (Å²) in [6, 6.07) is 34.2. The Hall–Kier alpha value is -4.88. The predicted octanol–water partition coefficient (Wildman–Crippen LogP) is 9.15. The summed E-state index contributed by atoms with van der Waals surface area (Å²) in [7, 11) is -0.293. The van der Waals surface area contributed by atoms with Gasteiger partial charge in [0.05, 0.1) is 21.7 Å². The highest BCUT2D eigenvalue weighted by atomic mass is 32.2. The number of alkyl halides is 15. The third kappa shape index (κ3) is 6.76. The van der Waals surface area contributed by atoms with Gasteiger partial charge in [-0.15, -0.1) is 0 Å². The van der Waals surface area contributed by atoms with Crippen LogP contribution >= 0.6 is 0 Å². The van der Waals surface area contributed by atoms with Crippen LogP contribution in [0.3, 0.4) is 0 Å². The number of carboxylic acid groups (broad SMARTS) is 1. The fourth-order valence-corrected chi connectivity index (χ4v) is 6.64. The Kier molecular flexibility index (Phi) is 10.7. The molecule has 1 heterocycles. The van der Waals surface area contributed by atoms with E-state index >= 15 is 0 Å². The summed E-state index contributed by atoms with van der Waals surface area (Å²) in [6.07, 6.45) is -7.71. The van der Waals surface area contributed by atoms with Crippen LogP contribution in [0.25, 0.3) is 21.9 Å². The summed E-state index contributed by atoms with van der Waals surface area (Å²) in [4.78, 5) is 26.2. The van der Waals surface area contributed by atoms with Gasteiger partial charge in [0.1, 0.15) is 17.1 Å². The molecule has 0 fully saturated rings. The highest BCUT2D eigenvalue weighted by Gasteiger charge is 2.93. The first-order chi connectivity index (χ1) is 24.3. The van der Waals surface area contributed by atoms with E-state index in [4.69, 9.17) is 4.42 Å². The Morgan fingerprint density at radius 3 is 1.38 bits per heavy atom. The molecule has 0 spiro atoms. The van der Waals surface area contributed by atoms with Crippen LogP contribution in [0.5, 0.6) is 0 Å². The van der Waals surface area contributed by atoms with Crippen LogP contribution in [-0.2, 0) is 15.7 Å². The van der Waals surface area contributed by atoms with Crippen molar-refractivity contribution in [3.05, 3.63) is 113 Å². The van der Waals surface area contributed by atoms with Gasteiger partial charge in [-0.25, -0.2) is 0 Å². The van der Waals surface area contributed by atoms with Crippen molar-refractivity contribution in [2.45, 2.75) is 56.4 Å². The number of carbonyl (C=O) groups excluding carboxylic acids is 1. The first kappa shape index (κ1) is 40.9. The van der Waals surface area contributed by atoms with E-state index in [1.54, 1.807) is 0 Å². The van der Waals surface area contributed by atoms with E-state index < -0.39 is 47.7 Å². The van der Waals surface area contributed by atoms with Crippen LogP contribution in [0.2, 0.25) is 0 Å². The number of halogens is 15. The maximum Gasteiger partial charge on any atom is 0.460 e. The molecular formula is C33H17F15O4S. The quantitative estimate of drug-likeness (QED) is 0.0849. The molecule has 20 heteroatoms. The molecule has 0 bridgehead atoms. The van der Waals surface area contributed by atoms with Crippen molar-refractivity contribution in [1.29, 1.82) is 0 Å². The molecule has 0 aliphatic carbocycles. The van der Waals surface area contributed by atoms with E-state index in [9.17, 15) is 80.6 Å². The normalized spacial score (nSPS) is 13.6. The van der Waals surface area contributed by atoms with Crippen molar-refractivity contribution in [1.82, 2.24) is 0 Å². The zero-order valence-electron chi connectivity index (χ0n) is 25.5. The first-order valence-electron chi connectivity index (χ1n) is 14.1. The van der Waals surface area contributed by atoms with Crippen molar-refractivity contribution in [2.24, 2.45) is 0 Å². The Balaban J connectivity index is 0.000000239. The fraction of sp³-hybridized carbons (Fsp3) is 0.212. The maximum absolute atomic E-state index is 13.1. The van der Waals surface area contributed by atoms with E-state index in [-0.39, 0.29) is 16.3 Å². The minimum atomic E-state index is -8.50. The van der Waals surface area contributed by atoms with Crippen LogP contribution < -0.4 is 10.5 Å². The number of carbonyl (C=O) groups is 1. The molecule has 53 heavy (non-hydrogen) atoms. The zero-order chi connectivity index (χ0) is 40.0. The minimum Gasteiger partial charge on any atom is -0.544 e.